The molecular weight excluding hydrogens is 442 g/mol. The van der Waals surface area contributed by atoms with Crippen LogP contribution in [0.4, 0.5) is 0 Å². The molecule has 2 atom stereocenters. The number of likely N-dealkylation sites (N-methyl/N-ethyl adjacent to an activating group) is 1. The van der Waals surface area contributed by atoms with E-state index in [9.17, 15) is 9.90 Å². The van der Waals surface area contributed by atoms with E-state index in [1.165, 1.54) is 0 Å². The van der Waals surface area contributed by atoms with Gasteiger partial charge in [0, 0.05) is 29.0 Å². The largest absolute Gasteiger partial charge is 0.488 e. The zero-order chi connectivity index (χ0) is 22.4. The Labute approximate surface area is 197 Å². The van der Waals surface area contributed by atoms with Crippen LogP contribution in [0.5, 0.6) is 5.75 Å². The molecule has 0 saturated carbocycles. The number of hydrogen-bond acceptors (Lipinski definition) is 6. The molecule has 3 aromatic rings. The summed E-state index contributed by atoms with van der Waals surface area (Å²) in [5, 5.41) is 15.3. The van der Waals surface area contributed by atoms with Crippen molar-refractivity contribution in [2.45, 2.75) is 31.0 Å². The first-order valence-corrected chi connectivity index (χ1v) is 12.7. The molecule has 1 N–H and O–H groups in total. The van der Waals surface area contributed by atoms with Gasteiger partial charge in [-0.2, -0.15) is 0 Å². The number of rotatable bonds is 10. The Morgan fingerprint density at radius 2 is 1.72 bits per heavy atom. The molecule has 2 unspecified atom stereocenters. The standard InChI is InChI=1S/C25H30NO4S2/c1-26(13-14-29-20-7-3-2-4-8-20)12-11-21(19-26)30-24(27)25(28,17-22-9-5-15-31-22)18-23-10-6-16-32-23/h2-10,15-16,21,28H,11-14,17-19H2,1H3/q+1. The van der Waals surface area contributed by atoms with Crippen LogP contribution < -0.4 is 4.74 Å². The summed E-state index contributed by atoms with van der Waals surface area (Å²) >= 11 is 3.10. The third kappa shape index (κ3) is 5.98. The van der Waals surface area contributed by atoms with Crippen molar-refractivity contribution >= 4 is 28.6 Å². The van der Waals surface area contributed by atoms with Crippen LogP contribution in [0.2, 0.25) is 0 Å². The van der Waals surface area contributed by atoms with Crippen molar-refractivity contribution in [2.75, 3.05) is 33.3 Å². The summed E-state index contributed by atoms with van der Waals surface area (Å²) in [4.78, 5) is 15.1. The van der Waals surface area contributed by atoms with Crippen LogP contribution in [0, 0.1) is 0 Å². The van der Waals surface area contributed by atoms with Crippen LogP contribution >= 0.6 is 22.7 Å². The fourth-order valence-corrected chi connectivity index (χ4v) is 5.82. The average molecular weight is 473 g/mol. The highest BCUT2D eigenvalue weighted by atomic mass is 32.1. The predicted molar refractivity (Wildman–Crippen MR) is 128 cm³/mol. The maximum Gasteiger partial charge on any atom is 0.339 e. The van der Waals surface area contributed by atoms with Crippen LogP contribution in [0.1, 0.15) is 16.2 Å². The lowest BCUT2D eigenvalue weighted by molar-refractivity contribution is -0.898. The maximum absolute atomic E-state index is 13.2. The maximum atomic E-state index is 13.2. The molecule has 170 valence electrons. The number of carbonyl (C=O) groups is 1. The summed E-state index contributed by atoms with van der Waals surface area (Å²) in [7, 11) is 2.17. The molecule has 3 heterocycles. The summed E-state index contributed by atoms with van der Waals surface area (Å²) in [6.07, 6.45) is 1.14. The minimum atomic E-state index is -1.56. The van der Waals surface area contributed by atoms with E-state index in [-0.39, 0.29) is 18.9 Å². The van der Waals surface area contributed by atoms with E-state index >= 15 is 0 Å². The average Bonchev–Trinajstić information content (AvgIpc) is 3.53. The van der Waals surface area contributed by atoms with Gasteiger partial charge in [-0.3, -0.25) is 0 Å². The number of benzene rings is 1. The van der Waals surface area contributed by atoms with Crippen LogP contribution in [0.3, 0.4) is 0 Å². The van der Waals surface area contributed by atoms with Crippen LogP contribution in [0.25, 0.3) is 0 Å². The molecule has 1 aliphatic heterocycles. The van der Waals surface area contributed by atoms with Gasteiger partial charge in [0.15, 0.2) is 11.7 Å². The van der Waals surface area contributed by atoms with E-state index in [2.05, 4.69) is 7.05 Å². The summed E-state index contributed by atoms with van der Waals surface area (Å²) in [5.74, 6) is 0.353. The summed E-state index contributed by atoms with van der Waals surface area (Å²) in [5.41, 5.74) is -1.56. The molecule has 0 bridgehead atoms. The highest BCUT2D eigenvalue weighted by Gasteiger charge is 2.43. The van der Waals surface area contributed by atoms with Gasteiger partial charge < -0.3 is 19.1 Å². The first kappa shape index (κ1) is 23.0. The van der Waals surface area contributed by atoms with Crippen LogP contribution in [0.15, 0.2) is 65.4 Å². The molecule has 4 rings (SSSR count). The molecule has 0 radical (unpaired) electrons. The SMILES string of the molecule is C[N+]1(CCOc2ccccc2)CCC(OC(=O)C(O)(Cc2cccs2)Cc2cccs2)C1. The van der Waals surface area contributed by atoms with Crippen molar-refractivity contribution < 1.29 is 23.9 Å². The summed E-state index contributed by atoms with van der Waals surface area (Å²) in [6, 6.07) is 17.6. The highest BCUT2D eigenvalue weighted by molar-refractivity contribution is 7.10. The summed E-state index contributed by atoms with van der Waals surface area (Å²) in [6.45, 7) is 3.11. The number of aliphatic hydroxyl groups is 1. The Morgan fingerprint density at radius 3 is 2.31 bits per heavy atom. The van der Waals surface area contributed by atoms with Gasteiger partial charge in [-0.15, -0.1) is 22.7 Å². The van der Waals surface area contributed by atoms with Crippen molar-refractivity contribution in [3.05, 3.63) is 75.1 Å². The number of thiophene rings is 2. The number of hydrogen-bond donors (Lipinski definition) is 1. The van der Waals surface area contributed by atoms with E-state index in [4.69, 9.17) is 9.47 Å². The first-order valence-electron chi connectivity index (χ1n) is 10.9. The molecule has 1 fully saturated rings. The number of nitrogens with zero attached hydrogens (tertiary/aromatic N) is 1. The molecular formula is C25H30NO4S2+. The lowest BCUT2D eigenvalue weighted by atomic mass is 9.93. The van der Waals surface area contributed by atoms with Gasteiger partial charge in [-0.25, -0.2) is 4.79 Å². The monoisotopic (exact) mass is 472 g/mol. The number of para-hydroxylation sites is 1. The molecule has 0 aliphatic carbocycles. The minimum absolute atomic E-state index is 0.192. The van der Waals surface area contributed by atoms with E-state index in [1.54, 1.807) is 22.7 Å². The van der Waals surface area contributed by atoms with E-state index in [0.29, 0.717) is 6.61 Å². The van der Waals surface area contributed by atoms with Crippen molar-refractivity contribution in [2.24, 2.45) is 0 Å². The number of quaternary nitrogens is 1. The second-order valence-corrected chi connectivity index (χ2v) is 10.8. The lowest BCUT2D eigenvalue weighted by Crippen LogP contribution is -2.48. The molecule has 2 aromatic heterocycles. The summed E-state index contributed by atoms with van der Waals surface area (Å²) < 4.78 is 12.5. The smallest absolute Gasteiger partial charge is 0.339 e. The second-order valence-electron chi connectivity index (χ2n) is 8.77. The predicted octanol–water partition coefficient (Wildman–Crippen LogP) is 4.17. The fraction of sp³-hybridized carbons (Fsp3) is 0.400. The zero-order valence-corrected chi connectivity index (χ0v) is 19.9. The molecule has 7 heteroatoms. The molecule has 1 aromatic carbocycles. The lowest BCUT2D eigenvalue weighted by Gasteiger charge is -2.30. The van der Waals surface area contributed by atoms with Gasteiger partial charge in [0.2, 0.25) is 0 Å². The van der Waals surface area contributed by atoms with E-state index in [0.717, 1.165) is 46.0 Å². The van der Waals surface area contributed by atoms with E-state index in [1.807, 2.05) is 65.4 Å². The number of esters is 1. The molecule has 5 nitrogen and oxygen atoms in total. The molecule has 0 spiro atoms. The topological polar surface area (TPSA) is 55.8 Å². The zero-order valence-electron chi connectivity index (χ0n) is 18.3. The van der Waals surface area contributed by atoms with E-state index < -0.39 is 11.6 Å². The van der Waals surface area contributed by atoms with Gasteiger partial charge in [0.25, 0.3) is 0 Å². The Hall–Kier alpha value is -2.19. The minimum Gasteiger partial charge on any atom is -0.488 e. The van der Waals surface area contributed by atoms with Gasteiger partial charge >= 0.3 is 5.97 Å². The number of ether oxygens (including phenoxy) is 2. The second kappa shape index (κ2) is 10.2. The molecule has 1 saturated heterocycles. The molecule has 0 amide bonds. The molecule has 32 heavy (non-hydrogen) atoms. The first-order chi connectivity index (χ1) is 15.4. The Kier molecular flexibility index (Phi) is 7.30. The fourth-order valence-electron chi connectivity index (χ4n) is 4.20. The normalized spacial score (nSPS) is 20.9. The number of carbonyl (C=O) groups excluding carboxylic acids is 1. The van der Waals surface area contributed by atoms with Crippen molar-refractivity contribution in [3.8, 4) is 5.75 Å². The Balaban J connectivity index is 1.34. The Bertz CT molecular complexity index is 939. The van der Waals surface area contributed by atoms with Crippen LogP contribution in [-0.2, 0) is 22.4 Å². The van der Waals surface area contributed by atoms with Crippen LogP contribution in [-0.4, -0.2) is 60.6 Å². The van der Waals surface area contributed by atoms with Crippen molar-refractivity contribution in [1.29, 1.82) is 0 Å². The number of likely N-dealkylation sites (tertiary alicyclic amines) is 1. The molecule has 1 aliphatic rings. The third-order valence-corrected chi connectivity index (χ3v) is 7.78. The van der Waals surface area contributed by atoms with Crippen molar-refractivity contribution in [3.63, 3.8) is 0 Å². The Morgan fingerprint density at radius 1 is 1.06 bits per heavy atom. The van der Waals surface area contributed by atoms with Gasteiger partial charge in [0.1, 0.15) is 25.4 Å². The van der Waals surface area contributed by atoms with Gasteiger partial charge in [-0.1, -0.05) is 30.3 Å². The van der Waals surface area contributed by atoms with Gasteiger partial charge in [0.05, 0.1) is 13.6 Å². The quantitative estimate of drug-likeness (QED) is 0.356. The van der Waals surface area contributed by atoms with Crippen molar-refractivity contribution in [1.82, 2.24) is 0 Å². The third-order valence-electron chi connectivity index (χ3n) is 6.03. The highest BCUT2D eigenvalue weighted by Crippen LogP contribution is 2.28. The van der Waals surface area contributed by atoms with Gasteiger partial charge in [-0.05, 0) is 35.0 Å².